The number of carbonyl (C=O) groups excluding carboxylic acids is 2. The van der Waals surface area contributed by atoms with E-state index in [1.54, 1.807) is 31.2 Å². The lowest BCUT2D eigenvalue weighted by molar-refractivity contribution is -0.247. The van der Waals surface area contributed by atoms with Crippen molar-refractivity contribution in [3.05, 3.63) is 29.8 Å². The Morgan fingerprint density at radius 2 is 1.02 bits per heavy atom. The van der Waals surface area contributed by atoms with Gasteiger partial charge in [0.2, 0.25) is 0 Å². The van der Waals surface area contributed by atoms with Crippen LogP contribution in [0, 0.1) is 0 Å². The van der Waals surface area contributed by atoms with Crippen molar-refractivity contribution in [2.45, 2.75) is 187 Å². The van der Waals surface area contributed by atoms with Crippen molar-refractivity contribution in [3.63, 3.8) is 0 Å². The SMILES string of the molecule is CCCCCCCCCCCCCCOC(OCCCCCCCCCCCCCC)Oc1cccc(C(=O)NC(C)C(=O)OC)c1. The molecule has 0 radical (unpaired) electrons. The summed E-state index contributed by atoms with van der Waals surface area (Å²) in [6.07, 6.45) is 31.0. The molecular formula is C40H71NO6. The Balaban J connectivity index is 2.42. The highest BCUT2D eigenvalue weighted by Crippen LogP contribution is 2.18. The minimum atomic E-state index is -0.831. The molecular weight excluding hydrogens is 590 g/mol. The van der Waals surface area contributed by atoms with Crippen molar-refractivity contribution >= 4 is 11.9 Å². The predicted molar refractivity (Wildman–Crippen MR) is 194 cm³/mol. The molecule has 1 rings (SSSR count). The average molecular weight is 662 g/mol. The summed E-state index contributed by atoms with van der Waals surface area (Å²) in [6, 6.07) is 6.12. The van der Waals surface area contributed by atoms with E-state index in [2.05, 4.69) is 19.2 Å². The van der Waals surface area contributed by atoms with Crippen LogP contribution in [0.4, 0.5) is 0 Å². The fourth-order valence-electron chi connectivity index (χ4n) is 5.70. The van der Waals surface area contributed by atoms with E-state index in [9.17, 15) is 9.59 Å². The molecule has 0 aliphatic rings. The molecule has 7 nitrogen and oxygen atoms in total. The number of methoxy groups -OCH3 is 1. The summed E-state index contributed by atoms with van der Waals surface area (Å²) in [5.41, 5.74) is 0.388. The Morgan fingerprint density at radius 3 is 1.43 bits per heavy atom. The quantitative estimate of drug-likeness (QED) is 0.0458. The summed E-state index contributed by atoms with van der Waals surface area (Å²) >= 11 is 0. The normalized spacial score (nSPS) is 11.9. The number of nitrogens with one attached hydrogen (secondary N) is 1. The predicted octanol–water partition coefficient (Wildman–Crippen LogP) is 11.1. The number of benzene rings is 1. The van der Waals surface area contributed by atoms with E-state index >= 15 is 0 Å². The Labute approximate surface area is 288 Å². The molecule has 1 aromatic rings. The van der Waals surface area contributed by atoms with Crippen molar-refractivity contribution in [3.8, 4) is 5.75 Å². The van der Waals surface area contributed by atoms with Gasteiger partial charge in [-0.25, -0.2) is 4.79 Å². The second-order valence-electron chi connectivity index (χ2n) is 13.2. The third-order valence-corrected chi connectivity index (χ3v) is 8.73. The van der Waals surface area contributed by atoms with Crippen LogP contribution in [0.1, 0.15) is 185 Å². The van der Waals surface area contributed by atoms with Gasteiger partial charge >= 0.3 is 12.4 Å². The molecule has 0 saturated heterocycles. The summed E-state index contributed by atoms with van der Waals surface area (Å²) in [6.45, 7) is 6.43. The lowest BCUT2D eigenvalue weighted by atomic mass is 10.1. The zero-order valence-corrected chi connectivity index (χ0v) is 30.8. The highest BCUT2D eigenvalue weighted by molar-refractivity contribution is 5.97. The summed E-state index contributed by atoms with van der Waals surface area (Å²) < 4.78 is 22.9. The van der Waals surface area contributed by atoms with Gasteiger partial charge in [0.05, 0.1) is 20.3 Å². The van der Waals surface area contributed by atoms with Crippen LogP contribution in [0.2, 0.25) is 0 Å². The highest BCUT2D eigenvalue weighted by Gasteiger charge is 2.18. The van der Waals surface area contributed by atoms with Gasteiger partial charge in [-0.15, -0.1) is 0 Å². The first-order valence-corrected chi connectivity index (χ1v) is 19.4. The summed E-state index contributed by atoms with van der Waals surface area (Å²) in [7, 11) is 1.30. The van der Waals surface area contributed by atoms with E-state index in [1.165, 1.54) is 136 Å². The molecule has 0 heterocycles. The van der Waals surface area contributed by atoms with Crippen molar-refractivity contribution in [2.75, 3.05) is 20.3 Å². The molecule has 272 valence electrons. The molecule has 0 bridgehead atoms. The fourth-order valence-corrected chi connectivity index (χ4v) is 5.70. The molecule has 1 aromatic carbocycles. The van der Waals surface area contributed by atoms with E-state index in [-0.39, 0.29) is 5.91 Å². The van der Waals surface area contributed by atoms with Gasteiger partial charge in [0, 0.05) is 5.56 Å². The molecule has 0 aliphatic heterocycles. The number of hydrogen-bond acceptors (Lipinski definition) is 6. The molecule has 1 N–H and O–H groups in total. The summed E-state index contributed by atoms with van der Waals surface area (Å²) in [5.74, 6) is -0.388. The fraction of sp³-hybridized carbons (Fsp3) is 0.800. The number of esters is 1. The molecule has 7 heteroatoms. The smallest absolute Gasteiger partial charge is 0.328 e. The van der Waals surface area contributed by atoms with Crippen LogP contribution in [0.3, 0.4) is 0 Å². The Morgan fingerprint density at radius 1 is 0.617 bits per heavy atom. The Kier molecular flexibility index (Phi) is 28.4. The monoisotopic (exact) mass is 662 g/mol. The maximum absolute atomic E-state index is 12.7. The van der Waals surface area contributed by atoms with E-state index in [0.717, 1.165) is 25.7 Å². The minimum Gasteiger partial charge on any atom is -0.467 e. The van der Waals surface area contributed by atoms with Crippen LogP contribution in [0.25, 0.3) is 0 Å². The van der Waals surface area contributed by atoms with Crippen LogP contribution in [-0.4, -0.2) is 44.7 Å². The Hall–Kier alpha value is -2.12. The minimum absolute atomic E-state index is 0.375. The standard InChI is InChI=1S/C40H71NO6/c1-5-7-9-11-13-15-17-19-21-23-25-27-32-45-40(46-33-28-26-24-22-20-18-16-14-12-10-8-6-2)47-37-31-29-30-36(34-37)38(42)41-35(3)39(43)44-4/h29-31,34-35,40H,5-28,32-33H2,1-4H3,(H,41,42). The second-order valence-corrected chi connectivity index (χ2v) is 13.2. The average Bonchev–Trinajstić information content (AvgIpc) is 3.08. The largest absolute Gasteiger partial charge is 0.467 e. The molecule has 0 spiro atoms. The highest BCUT2D eigenvalue weighted by atomic mass is 16.8. The topological polar surface area (TPSA) is 83.1 Å². The number of unbranched alkanes of at least 4 members (excludes halogenated alkanes) is 22. The molecule has 0 aromatic heterocycles. The van der Waals surface area contributed by atoms with Gasteiger partial charge in [-0.2, -0.15) is 0 Å². The first-order valence-electron chi connectivity index (χ1n) is 19.4. The number of rotatable bonds is 33. The molecule has 1 amide bonds. The first-order chi connectivity index (χ1) is 23.0. The molecule has 0 saturated carbocycles. The van der Waals surface area contributed by atoms with Gasteiger partial charge < -0.3 is 24.3 Å². The molecule has 0 fully saturated rings. The van der Waals surface area contributed by atoms with E-state index in [1.807, 2.05) is 0 Å². The van der Waals surface area contributed by atoms with E-state index in [4.69, 9.17) is 18.9 Å². The lowest BCUT2D eigenvalue weighted by Crippen LogP contribution is -2.39. The number of amides is 1. The van der Waals surface area contributed by atoms with Crippen LogP contribution in [0.5, 0.6) is 5.75 Å². The van der Waals surface area contributed by atoms with Crippen LogP contribution in [0.15, 0.2) is 24.3 Å². The maximum atomic E-state index is 12.7. The zero-order chi connectivity index (χ0) is 34.2. The summed E-state index contributed by atoms with van der Waals surface area (Å²) in [4.78, 5) is 24.4. The third-order valence-electron chi connectivity index (χ3n) is 8.73. The van der Waals surface area contributed by atoms with Crippen molar-refractivity contribution in [2.24, 2.45) is 0 Å². The van der Waals surface area contributed by atoms with Gasteiger partial charge in [-0.3, -0.25) is 4.79 Å². The number of ether oxygens (including phenoxy) is 4. The van der Waals surface area contributed by atoms with Gasteiger partial charge in [0.15, 0.2) is 0 Å². The van der Waals surface area contributed by atoms with E-state index in [0.29, 0.717) is 24.5 Å². The molecule has 0 aliphatic carbocycles. The van der Waals surface area contributed by atoms with Crippen molar-refractivity contribution in [1.29, 1.82) is 0 Å². The van der Waals surface area contributed by atoms with Crippen LogP contribution >= 0.6 is 0 Å². The van der Waals surface area contributed by atoms with Crippen LogP contribution < -0.4 is 10.1 Å². The van der Waals surface area contributed by atoms with E-state index < -0.39 is 18.5 Å². The lowest BCUT2D eigenvalue weighted by Gasteiger charge is -2.20. The number of carbonyl (C=O) groups is 2. The van der Waals surface area contributed by atoms with Gasteiger partial charge in [0.25, 0.3) is 5.91 Å². The van der Waals surface area contributed by atoms with Crippen molar-refractivity contribution < 1.29 is 28.5 Å². The second kappa shape index (κ2) is 31.2. The van der Waals surface area contributed by atoms with Gasteiger partial charge in [0.1, 0.15) is 11.8 Å². The summed E-state index contributed by atoms with van der Waals surface area (Å²) in [5, 5.41) is 2.66. The van der Waals surface area contributed by atoms with Gasteiger partial charge in [-0.05, 0) is 38.0 Å². The van der Waals surface area contributed by atoms with Crippen LogP contribution in [-0.2, 0) is 19.0 Å². The molecule has 1 unspecified atom stereocenters. The zero-order valence-electron chi connectivity index (χ0n) is 30.8. The third kappa shape index (κ3) is 24.6. The van der Waals surface area contributed by atoms with Crippen molar-refractivity contribution in [1.82, 2.24) is 5.32 Å². The maximum Gasteiger partial charge on any atom is 0.328 e. The number of hydrogen-bond donors (Lipinski definition) is 1. The van der Waals surface area contributed by atoms with Gasteiger partial charge in [-0.1, -0.05) is 161 Å². The first kappa shape index (κ1) is 42.9. The molecule has 1 atom stereocenters. The molecule has 47 heavy (non-hydrogen) atoms. The Bertz CT molecular complexity index is 848.